The lowest BCUT2D eigenvalue weighted by molar-refractivity contribution is -0.205. The normalized spacial score (nSPS) is 44.6. The van der Waals surface area contributed by atoms with E-state index in [1.165, 1.54) is 12.5 Å². The molecule has 0 radical (unpaired) electrons. The highest BCUT2D eigenvalue weighted by Gasteiger charge is 2.67. The third-order valence-electron chi connectivity index (χ3n) is 9.95. The average molecular weight is 485 g/mol. The smallest absolute Gasteiger partial charge is 0.431 e. The lowest BCUT2D eigenvalue weighted by Crippen LogP contribution is -2.62. The number of aliphatic hydroxyl groups excluding tert-OH is 1. The van der Waals surface area contributed by atoms with E-state index in [2.05, 4.69) is 13.8 Å². The Hall–Kier alpha value is -1.02. The molecule has 1 heterocycles. The minimum absolute atomic E-state index is 0.129. The molecule has 1 aromatic rings. The molecule has 4 aliphatic rings. The molecule has 0 saturated heterocycles. The molecule has 1 aromatic heterocycles. The summed E-state index contributed by atoms with van der Waals surface area (Å²) < 4.78 is 14.1. The Kier molecular flexibility index (Phi) is 6.52. The number of fused-ring (bicyclic) bond motifs is 5. The van der Waals surface area contributed by atoms with Gasteiger partial charge in [0.1, 0.15) is 0 Å². The lowest BCUT2D eigenvalue weighted by Gasteiger charge is -2.63. The Morgan fingerprint density at radius 3 is 2.30 bits per heavy atom. The molecule has 0 aliphatic heterocycles. The molecule has 33 heavy (non-hydrogen) atoms. The maximum Gasteiger partial charge on any atom is 0.466 e. The molecule has 9 heteroatoms. The maximum absolute atomic E-state index is 12.2. The van der Waals surface area contributed by atoms with Gasteiger partial charge in [0.25, 0.3) is 0 Å². The third-order valence-corrected chi connectivity index (χ3v) is 9.95. The van der Waals surface area contributed by atoms with Crippen LogP contribution in [-0.4, -0.2) is 36.6 Å². The Balaban J connectivity index is 0.000000471. The van der Waals surface area contributed by atoms with Crippen LogP contribution in [0, 0.1) is 28.6 Å². The zero-order valence-electron chi connectivity index (χ0n) is 19.4. The van der Waals surface area contributed by atoms with E-state index in [0.29, 0.717) is 17.8 Å². The fourth-order valence-corrected chi connectivity index (χ4v) is 8.30. The van der Waals surface area contributed by atoms with Gasteiger partial charge in [-0.2, -0.15) is 0 Å². The average Bonchev–Trinajstić information content (AvgIpc) is 2.99. The van der Waals surface area contributed by atoms with Gasteiger partial charge in [0.2, 0.25) is 0 Å². The summed E-state index contributed by atoms with van der Waals surface area (Å²) in [7, 11) is -4.64. The summed E-state index contributed by atoms with van der Waals surface area (Å²) in [6.45, 7) is 4.73. The molecule has 4 fully saturated rings. The van der Waals surface area contributed by atoms with Crippen molar-refractivity contribution >= 4 is 7.82 Å². The minimum Gasteiger partial charge on any atom is -0.431 e. The highest BCUT2D eigenvalue weighted by molar-refractivity contribution is 7.45. The highest BCUT2D eigenvalue weighted by atomic mass is 31.2. The quantitative estimate of drug-likeness (QED) is 0.381. The minimum atomic E-state index is -4.64. The van der Waals surface area contributed by atoms with Crippen molar-refractivity contribution in [2.45, 2.75) is 89.3 Å². The first kappa shape index (κ1) is 25.1. The van der Waals surface area contributed by atoms with Crippen LogP contribution < -0.4 is 5.63 Å². The van der Waals surface area contributed by atoms with E-state index in [9.17, 15) is 15.0 Å². The summed E-state index contributed by atoms with van der Waals surface area (Å²) in [4.78, 5) is 33.0. The SMILES string of the molecule is C[C@]12CC[C@H](O)C[C@H]1CC[C@@H]1[C@@H]2CC[C@]2(C)[C@@H](c3ccc(=O)oc3)CC[C@]12O.O=P(O)(O)O. The first-order chi connectivity index (χ1) is 15.3. The van der Waals surface area contributed by atoms with E-state index < -0.39 is 13.4 Å². The second-order valence-electron chi connectivity index (χ2n) is 11.3. The number of aliphatic hydroxyl groups is 2. The molecule has 5 N–H and O–H groups in total. The van der Waals surface area contributed by atoms with Crippen LogP contribution in [0.25, 0.3) is 0 Å². The van der Waals surface area contributed by atoms with Gasteiger partial charge in [-0.3, -0.25) is 0 Å². The second kappa shape index (κ2) is 8.58. The summed E-state index contributed by atoms with van der Waals surface area (Å²) >= 11 is 0. The molecule has 5 rings (SSSR count). The summed E-state index contributed by atoms with van der Waals surface area (Å²) in [6, 6.07) is 3.42. The molecule has 0 spiro atoms. The van der Waals surface area contributed by atoms with E-state index >= 15 is 0 Å². The largest absolute Gasteiger partial charge is 0.466 e. The Morgan fingerprint density at radius 1 is 0.970 bits per heavy atom. The van der Waals surface area contributed by atoms with Crippen LogP contribution >= 0.6 is 7.82 Å². The summed E-state index contributed by atoms with van der Waals surface area (Å²) in [5.41, 5.74) is 0.219. The van der Waals surface area contributed by atoms with Crippen molar-refractivity contribution in [2.24, 2.45) is 28.6 Å². The van der Waals surface area contributed by atoms with E-state index in [1.807, 2.05) is 6.07 Å². The van der Waals surface area contributed by atoms with Crippen LogP contribution in [0.4, 0.5) is 0 Å². The molecule has 186 valence electrons. The van der Waals surface area contributed by atoms with E-state index in [1.54, 1.807) is 6.26 Å². The van der Waals surface area contributed by atoms with Crippen LogP contribution in [-0.2, 0) is 4.57 Å². The third kappa shape index (κ3) is 4.39. The molecular formula is C24H37O8P. The van der Waals surface area contributed by atoms with Gasteiger partial charge in [-0.25, -0.2) is 9.36 Å². The highest BCUT2D eigenvalue weighted by Crippen LogP contribution is 2.70. The number of phosphoric acid groups is 1. The monoisotopic (exact) mass is 484 g/mol. The van der Waals surface area contributed by atoms with Gasteiger partial charge >= 0.3 is 13.4 Å². The van der Waals surface area contributed by atoms with Crippen molar-refractivity contribution in [1.82, 2.24) is 0 Å². The Bertz CT molecular complexity index is 945. The van der Waals surface area contributed by atoms with E-state index in [0.717, 1.165) is 56.9 Å². The maximum atomic E-state index is 12.2. The first-order valence-corrected chi connectivity index (χ1v) is 13.6. The standard InChI is InChI=1S/C24H34O4.H3O4P/c1-22-10-7-17(25)13-16(22)4-5-20-19(22)8-11-23(2)18(9-12-24(20,23)27)15-3-6-21(26)28-14-15;1-5(2,3)4/h3,6,14,16-20,25,27H,4-5,7-13H2,1-2H3;(H3,1,2,3,4)/t16-,17+,18-,19+,20-,22+,23-,24+;/m1./s1. The van der Waals surface area contributed by atoms with Crippen molar-refractivity contribution in [2.75, 3.05) is 0 Å². The zero-order chi connectivity index (χ0) is 24.2. The molecule has 4 saturated carbocycles. The molecule has 8 atom stereocenters. The molecule has 8 nitrogen and oxygen atoms in total. The van der Waals surface area contributed by atoms with Crippen molar-refractivity contribution in [3.63, 3.8) is 0 Å². The summed E-state index contributed by atoms with van der Waals surface area (Å²) in [5.74, 6) is 1.76. The lowest BCUT2D eigenvalue weighted by atomic mass is 9.43. The number of hydrogen-bond donors (Lipinski definition) is 5. The Morgan fingerprint density at radius 2 is 1.67 bits per heavy atom. The van der Waals surface area contributed by atoms with Crippen molar-refractivity contribution < 1.29 is 33.9 Å². The van der Waals surface area contributed by atoms with E-state index in [4.69, 9.17) is 23.7 Å². The zero-order valence-corrected chi connectivity index (χ0v) is 20.3. The van der Waals surface area contributed by atoms with Crippen molar-refractivity contribution in [3.8, 4) is 0 Å². The van der Waals surface area contributed by atoms with Crippen LogP contribution in [0.2, 0.25) is 0 Å². The van der Waals surface area contributed by atoms with Crippen LogP contribution in [0.15, 0.2) is 27.6 Å². The topological polar surface area (TPSA) is 148 Å². The summed E-state index contributed by atoms with van der Waals surface area (Å²) in [6.07, 6.45) is 10.7. The van der Waals surface area contributed by atoms with E-state index in [-0.39, 0.29) is 28.5 Å². The predicted molar refractivity (Wildman–Crippen MR) is 121 cm³/mol. The van der Waals surface area contributed by atoms with Gasteiger partial charge in [0.15, 0.2) is 0 Å². The predicted octanol–water partition coefficient (Wildman–Crippen LogP) is 3.31. The molecule has 0 amide bonds. The molecule has 0 aromatic carbocycles. The number of rotatable bonds is 1. The molecule has 4 aliphatic carbocycles. The van der Waals surface area contributed by atoms with Gasteiger partial charge in [-0.15, -0.1) is 0 Å². The van der Waals surface area contributed by atoms with Gasteiger partial charge < -0.3 is 29.3 Å². The fourth-order valence-electron chi connectivity index (χ4n) is 8.30. The van der Waals surface area contributed by atoms with Gasteiger partial charge in [0.05, 0.1) is 18.0 Å². The first-order valence-electron chi connectivity index (χ1n) is 12.1. The number of hydrogen-bond acceptors (Lipinski definition) is 5. The van der Waals surface area contributed by atoms with Gasteiger partial charge in [-0.1, -0.05) is 13.8 Å². The summed E-state index contributed by atoms with van der Waals surface area (Å²) in [5, 5.41) is 22.4. The van der Waals surface area contributed by atoms with Gasteiger partial charge in [0, 0.05) is 11.5 Å². The van der Waals surface area contributed by atoms with Crippen molar-refractivity contribution in [1.29, 1.82) is 0 Å². The van der Waals surface area contributed by atoms with Crippen molar-refractivity contribution in [3.05, 3.63) is 34.4 Å². The fraction of sp³-hybridized carbons (Fsp3) is 0.792. The Labute approximate surface area is 194 Å². The van der Waals surface area contributed by atoms with Crippen LogP contribution in [0.5, 0.6) is 0 Å². The molecular weight excluding hydrogens is 447 g/mol. The van der Waals surface area contributed by atoms with Gasteiger partial charge in [-0.05, 0) is 98.5 Å². The second-order valence-corrected chi connectivity index (χ2v) is 12.3. The van der Waals surface area contributed by atoms with Crippen LogP contribution in [0.3, 0.4) is 0 Å². The molecule has 0 unspecified atom stereocenters. The van der Waals surface area contributed by atoms with Crippen LogP contribution in [0.1, 0.15) is 83.1 Å². The molecule has 0 bridgehead atoms.